The van der Waals surface area contributed by atoms with Gasteiger partial charge in [0.25, 0.3) is 10.0 Å². The van der Waals surface area contributed by atoms with Gasteiger partial charge in [-0.25, -0.2) is 17.4 Å². The molecule has 2 aromatic carbocycles. The van der Waals surface area contributed by atoms with E-state index < -0.39 is 16.0 Å². The maximum Gasteiger partial charge on any atom is 0.269 e. The molecule has 0 aliphatic carbocycles. The second-order valence-electron chi connectivity index (χ2n) is 8.29. The Kier molecular flexibility index (Phi) is 6.87. The van der Waals surface area contributed by atoms with Gasteiger partial charge in [0, 0.05) is 42.1 Å². The van der Waals surface area contributed by atoms with Gasteiger partial charge in [0.05, 0.1) is 16.2 Å². The van der Waals surface area contributed by atoms with E-state index in [1.807, 2.05) is 25.1 Å². The third kappa shape index (κ3) is 4.98. The van der Waals surface area contributed by atoms with Crippen LogP contribution in [0.4, 0.5) is 4.39 Å². The third-order valence-electron chi connectivity index (χ3n) is 5.66. The van der Waals surface area contributed by atoms with E-state index in [0.29, 0.717) is 33.5 Å². The summed E-state index contributed by atoms with van der Waals surface area (Å²) in [6, 6.07) is 18.2. The van der Waals surface area contributed by atoms with Crippen molar-refractivity contribution in [2.24, 2.45) is 0 Å². The number of methoxy groups -OCH3 is 1. The maximum absolute atomic E-state index is 13.6. The number of para-hydroxylation sites is 1. The zero-order valence-electron chi connectivity index (χ0n) is 20.4. The van der Waals surface area contributed by atoms with Crippen LogP contribution in [0.25, 0.3) is 22.3 Å². The van der Waals surface area contributed by atoms with E-state index >= 15 is 0 Å². The Morgan fingerprint density at radius 1 is 1.00 bits per heavy atom. The Morgan fingerprint density at radius 2 is 1.79 bits per heavy atom. The highest BCUT2D eigenvalue weighted by atomic mass is 32.2. The van der Waals surface area contributed by atoms with Crippen molar-refractivity contribution in [1.29, 1.82) is 0 Å². The molecule has 190 valence electrons. The summed E-state index contributed by atoms with van der Waals surface area (Å²) >= 11 is 0. The Hall–Kier alpha value is -4.59. The van der Waals surface area contributed by atoms with Gasteiger partial charge in [0.1, 0.15) is 5.75 Å². The lowest BCUT2D eigenvalue weighted by atomic mass is 10.1. The monoisotopic (exact) mass is 528 g/mol. The summed E-state index contributed by atoms with van der Waals surface area (Å²) in [5, 5.41) is 9.05. The first-order valence-corrected chi connectivity index (χ1v) is 12.9. The number of aryl methyl sites for hydroxylation is 1. The molecule has 5 aromatic rings. The normalized spacial score (nSPS) is 11.2. The molecule has 0 N–H and O–H groups in total. The highest BCUT2D eigenvalue weighted by Gasteiger charge is 2.23. The van der Waals surface area contributed by atoms with Crippen LogP contribution in [0.5, 0.6) is 5.75 Å². The van der Waals surface area contributed by atoms with Crippen molar-refractivity contribution in [2.45, 2.75) is 11.8 Å². The Morgan fingerprint density at radius 3 is 2.55 bits per heavy atom. The van der Waals surface area contributed by atoms with Crippen LogP contribution in [0.15, 0.2) is 84.0 Å². The molecule has 38 heavy (non-hydrogen) atoms. The minimum Gasteiger partial charge on any atom is -0.467 e. The van der Waals surface area contributed by atoms with Crippen molar-refractivity contribution in [3.05, 3.63) is 102 Å². The molecule has 0 radical (unpaired) electrons. The molecule has 3 heterocycles. The fraction of sp³-hybridized carbons (Fsp3) is 0.107. The molecule has 0 bridgehead atoms. The van der Waals surface area contributed by atoms with Gasteiger partial charge in [-0.05, 0) is 43.3 Å². The van der Waals surface area contributed by atoms with Gasteiger partial charge in [-0.15, -0.1) is 10.2 Å². The van der Waals surface area contributed by atoms with E-state index in [4.69, 9.17) is 9.47 Å². The van der Waals surface area contributed by atoms with Crippen molar-refractivity contribution >= 4 is 21.1 Å². The number of rotatable bonds is 6. The van der Waals surface area contributed by atoms with Crippen LogP contribution < -0.4 is 4.74 Å². The Bertz CT molecular complexity index is 1810. The summed E-state index contributed by atoms with van der Waals surface area (Å²) in [6.45, 7) is 1.91. The van der Waals surface area contributed by atoms with E-state index in [1.165, 1.54) is 37.7 Å². The van der Waals surface area contributed by atoms with Gasteiger partial charge in [-0.1, -0.05) is 41.7 Å². The van der Waals surface area contributed by atoms with E-state index in [-0.39, 0.29) is 17.3 Å². The minimum absolute atomic E-state index is 0.0388. The molecular weight excluding hydrogens is 507 g/mol. The van der Waals surface area contributed by atoms with Gasteiger partial charge >= 0.3 is 0 Å². The Balaban J connectivity index is 1.70. The molecule has 8 nitrogen and oxygen atoms in total. The zero-order valence-corrected chi connectivity index (χ0v) is 21.2. The quantitative estimate of drug-likeness (QED) is 0.181. The lowest BCUT2D eigenvalue weighted by Gasteiger charge is -2.10. The van der Waals surface area contributed by atoms with Crippen LogP contribution in [0.1, 0.15) is 16.7 Å². The van der Waals surface area contributed by atoms with Gasteiger partial charge < -0.3 is 9.47 Å². The molecule has 0 atom stereocenters. The van der Waals surface area contributed by atoms with Crippen molar-refractivity contribution in [3.8, 4) is 28.8 Å². The number of fused-ring (bicyclic) bond motifs is 1. The van der Waals surface area contributed by atoms with Crippen molar-refractivity contribution in [2.75, 3.05) is 13.9 Å². The molecule has 0 saturated carbocycles. The standard InChI is InChI=1S/C28H21FN4O4S/c1-19-7-11-22(12-8-19)38(34,35)33-17-21(10-9-20-13-14-30-27(29)15-20)24-16-25(31-32-28(24)33)23-5-3-4-6-26(23)37-18-36-2/h3-8,11-17H,18H2,1-2H3. The van der Waals surface area contributed by atoms with Crippen LogP contribution in [0.2, 0.25) is 0 Å². The number of aromatic nitrogens is 4. The lowest BCUT2D eigenvalue weighted by Crippen LogP contribution is -2.12. The third-order valence-corrected chi connectivity index (χ3v) is 7.32. The molecule has 5 rings (SSSR count). The molecule has 10 heteroatoms. The minimum atomic E-state index is -4.01. The predicted octanol–water partition coefficient (Wildman–Crippen LogP) is 4.56. The molecule has 0 saturated heterocycles. The zero-order chi connectivity index (χ0) is 26.7. The fourth-order valence-electron chi connectivity index (χ4n) is 3.78. The lowest BCUT2D eigenvalue weighted by molar-refractivity contribution is 0.0515. The number of nitrogens with zero attached hydrogens (tertiary/aromatic N) is 4. The van der Waals surface area contributed by atoms with Crippen molar-refractivity contribution in [3.63, 3.8) is 0 Å². The number of ether oxygens (including phenoxy) is 2. The van der Waals surface area contributed by atoms with Gasteiger partial charge in [-0.2, -0.15) is 4.39 Å². The second-order valence-corrected chi connectivity index (χ2v) is 10.1. The van der Waals surface area contributed by atoms with Gasteiger partial charge in [0.15, 0.2) is 12.4 Å². The Labute approximate surface area is 218 Å². The van der Waals surface area contributed by atoms with Crippen molar-refractivity contribution < 1.29 is 22.3 Å². The van der Waals surface area contributed by atoms with E-state index in [9.17, 15) is 12.8 Å². The first kappa shape index (κ1) is 25.1. The van der Waals surface area contributed by atoms with Gasteiger partial charge in [0.2, 0.25) is 5.95 Å². The first-order valence-electron chi connectivity index (χ1n) is 11.4. The predicted molar refractivity (Wildman–Crippen MR) is 139 cm³/mol. The van der Waals surface area contributed by atoms with Crippen molar-refractivity contribution in [1.82, 2.24) is 19.2 Å². The number of hydrogen-bond acceptors (Lipinski definition) is 7. The molecule has 0 amide bonds. The van der Waals surface area contributed by atoms with E-state index in [0.717, 1.165) is 9.54 Å². The summed E-state index contributed by atoms with van der Waals surface area (Å²) in [5.41, 5.74) is 2.89. The molecule has 0 aliphatic rings. The van der Waals surface area contributed by atoms with E-state index in [1.54, 1.807) is 30.3 Å². The SMILES string of the molecule is COCOc1ccccc1-c1cc2c(C#Cc3ccnc(F)c3)cn(S(=O)(=O)c3ccc(C)cc3)c2nn1. The smallest absolute Gasteiger partial charge is 0.269 e. The summed E-state index contributed by atoms with van der Waals surface area (Å²) in [7, 11) is -2.49. The summed E-state index contributed by atoms with van der Waals surface area (Å²) in [5.74, 6) is 5.70. The second kappa shape index (κ2) is 10.4. The first-order chi connectivity index (χ1) is 18.4. The number of benzene rings is 2. The highest BCUT2D eigenvalue weighted by molar-refractivity contribution is 7.90. The largest absolute Gasteiger partial charge is 0.467 e. The molecule has 0 unspecified atom stereocenters. The summed E-state index contributed by atoms with van der Waals surface area (Å²) in [4.78, 5) is 3.64. The van der Waals surface area contributed by atoms with Gasteiger partial charge in [-0.3, -0.25) is 0 Å². The van der Waals surface area contributed by atoms with Crippen LogP contribution in [0.3, 0.4) is 0 Å². The molecular formula is C28H21FN4O4S. The molecule has 3 aromatic heterocycles. The molecule has 0 aliphatic heterocycles. The fourth-order valence-corrected chi connectivity index (χ4v) is 5.09. The van der Waals surface area contributed by atoms with Crippen LogP contribution in [-0.2, 0) is 14.8 Å². The van der Waals surface area contributed by atoms with Crippen LogP contribution >= 0.6 is 0 Å². The molecule has 0 spiro atoms. The maximum atomic E-state index is 13.6. The topological polar surface area (TPSA) is 96.2 Å². The number of halogens is 1. The summed E-state index contributed by atoms with van der Waals surface area (Å²) < 4.78 is 52.5. The molecule has 0 fully saturated rings. The van der Waals surface area contributed by atoms with E-state index in [2.05, 4.69) is 27.0 Å². The summed E-state index contributed by atoms with van der Waals surface area (Å²) in [6.07, 6.45) is 2.71. The van der Waals surface area contributed by atoms with Crippen LogP contribution in [0, 0.1) is 24.7 Å². The highest BCUT2D eigenvalue weighted by Crippen LogP contribution is 2.32. The van der Waals surface area contributed by atoms with Crippen LogP contribution in [-0.4, -0.2) is 41.5 Å². The number of pyridine rings is 1. The average Bonchev–Trinajstić information content (AvgIpc) is 3.30. The number of hydrogen-bond donors (Lipinski definition) is 0. The average molecular weight is 529 g/mol.